The van der Waals surface area contributed by atoms with Gasteiger partial charge in [0.25, 0.3) is 0 Å². The first-order valence-electron chi connectivity index (χ1n) is 3.02. The molecule has 12 heavy (non-hydrogen) atoms. The average molecular weight is 193 g/mol. The number of hydrogen-bond donors (Lipinski definition) is 1. The van der Waals surface area contributed by atoms with Gasteiger partial charge < -0.3 is 5.73 Å². The van der Waals surface area contributed by atoms with E-state index in [1.54, 1.807) is 0 Å². The first-order chi connectivity index (χ1) is 5.13. The summed E-state index contributed by atoms with van der Waals surface area (Å²) in [6.45, 7) is 0. The van der Waals surface area contributed by atoms with Gasteiger partial charge in [0.2, 0.25) is 0 Å². The van der Waals surface area contributed by atoms with Gasteiger partial charge in [-0.05, 0) is 6.42 Å². The van der Waals surface area contributed by atoms with Crippen LogP contribution < -0.4 is 5.73 Å². The van der Waals surface area contributed by atoms with Gasteiger partial charge in [-0.15, -0.1) is 0 Å². The summed E-state index contributed by atoms with van der Waals surface area (Å²) < 4.78 is 71.1. The standard InChI is InChI=1S/C5H5F6N/c6-4(7,8)3(1-2(3)12)5(9,10)11/h2H,1,12H2. The monoisotopic (exact) mass is 193 g/mol. The molecule has 0 radical (unpaired) electrons. The van der Waals surface area contributed by atoms with Gasteiger partial charge in [-0.1, -0.05) is 0 Å². The molecule has 1 saturated carbocycles. The van der Waals surface area contributed by atoms with Crippen molar-refractivity contribution in [3.8, 4) is 0 Å². The van der Waals surface area contributed by atoms with Crippen molar-refractivity contribution < 1.29 is 26.3 Å². The van der Waals surface area contributed by atoms with Crippen molar-refractivity contribution in [2.75, 3.05) is 0 Å². The van der Waals surface area contributed by atoms with E-state index in [0.29, 0.717) is 0 Å². The van der Waals surface area contributed by atoms with E-state index in [0.717, 1.165) is 0 Å². The molecule has 0 aromatic carbocycles. The number of hydrogen-bond acceptors (Lipinski definition) is 1. The van der Waals surface area contributed by atoms with Crippen LogP contribution in [-0.2, 0) is 0 Å². The quantitative estimate of drug-likeness (QED) is 0.583. The second-order valence-electron chi connectivity index (χ2n) is 2.78. The van der Waals surface area contributed by atoms with E-state index in [4.69, 9.17) is 0 Å². The highest BCUT2D eigenvalue weighted by Crippen LogP contribution is 2.65. The third kappa shape index (κ3) is 0.988. The van der Waals surface area contributed by atoms with Crippen molar-refractivity contribution in [2.24, 2.45) is 11.1 Å². The summed E-state index contributed by atoms with van der Waals surface area (Å²) in [6.07, 6.45) is -11.6. The minimum atomic E-state index is -5.29. The summed E-state index contributed by atoms with van der Waals surface area (Å²) >= 11 is 0. The van der Waals surface area contributed by atoms with Crippen LogP contribution in [0.3, 0.4) is 0 Å². The Morgan fingerprint density at radius 2 is 1.25 bits per heavy atom. The molecule has 2 N–H and O–H groups in total. The maximum absolute atomic E-state index is 11.8. The van der Waals surface area contributed by atoms with E-state index in [1.165, 1.54) is 0 Å². The van der Waals surface area contributed by atoms with E-state index in [1.807, 2.05) is 0 Å². The fourth-order valence-corrected chi connectivity index (χ4v) is 1.10. The van der Waals surface area contributed by atoms with Gasteiger partial charge in [0, 0.05) is 6.04 Å². The normalized spacial score (nSPS) is 28.8. The number of nitrogens with two attached hydrogens (primary N) is 1. The fourth-order valence-electron chi connectivity index (χ4n) is 1.10. The Morgan fingerprint density at radius 1 is 1.00 bits per heavy atom. The molecule has 0 spiro atoms. The average Bonchev–Trinajstić information content (AvgIpc) is 2.36. The van der Waals surface area contributed by atoms with Crippen LogP contribution in [0.15, 0.2) is 0 Å². The molecule has 7 heteroatoms. The van der Waals surface area contributed by atoms with E-state index in [-0.39, 0.29) is 0 Å². The minimum absolute atomic E-state index is 1.06. The number of halogens is 6. The lowest BCUT2D eigenvalue weighted by molar-refractivity contribution is -0.301. The molecule has 1 aliphatic carbocycles. The van der Waals surface area contributed by atoms with Crippen LogP contribution in [0, 0.1) is 5.41 Å². The summed E-state index contributed by atoms with van der Waals surface area (Å²) in [5, 5.41) is 0. The van der Waals surface area contributed by atoms with Gasteiger partial charge in [0.1, 0.15) is 0 Å². The molecule has 0 amide bonds. The van der Waals surface area contributed by atoms with Crippen LogP contribution in [0.1, 0.15) is 6.42 Å². The van der Waals surface area contributed by atoms with E-state index in [2.05, 4.69) is 5.73 Å². The van der Waals surface area contributed by atoms with Crippen molar-refractivity contribution in [2.45, 2.75) is 24.8 Å². The second-order valence-corrected chi connectivity index (χ2v) is 2.78. The molecule has 0 saturated heterocycles. The van der Waals surface area contributed by atoms with Crippen molar-refractivity contribution in [1.29, 1.82) is 0 Å². The Labute approximate surface area is 63.5 Å². The number of alkyl halides is 6. The van der Waals surface area contributed by atoms with Crippen LogP contribution in [0.2, 0.25) is 0 Å². The highest BCUT2D eigenvalue weighted by Gasteiger charge is 2.82. The molecule has 1 rings (SSSR count). The third-order valence-corrected chi connectivity index (χ3v) is 2.03. The van der Waals surface area contributed by atoms with Gasteiger partial charge in [0.05, 0.1) is 0 Å². The van der Waals surface area contributed by atoms with Crippen molar-refractivity contribution in [3.63, 3.8) is 0 Å². The molecule has 1 unspecified atom stereocenters. The molecular formula is C5H5F6N. The van der Waals surface area contributed by atoms with Gasteiger partial charge in [0.15, 0.2) is 5.41 Å². The Kier molecular flexibility index (Phi) is 1.66. The predicted molar refractivity (Wildman–Crippen MR) is 27.1 cm³/mol. The molecule has 1 fully saturated rings. The molecule has 72 valence electrons. The first-order valence-corrected chi connectivity index (χ1v) is 3.02. The smallest absolute Gasteiger partial charge is 0.327 e. The van der Waals surface area contributed by atoms with Crippen LogP contribution >= 0.6 is 0 Å². The Balaban J connectivity index is 2.96. The lowest BCUT2D eigenvalue weighted by Gasteiger charge is -2.22. The van der Waals surface area contributed by atoms with E-state index in [9.17, 15) is 26.3 Å². The molecular weight excluding hydrogens is 188 g/mol. The van der Waals surface area contributed by atoms with Crippen LogP contribution in [0.4, 0.5) is 26.3 Å². The Hall–Kier alpha value is -0.460. The highest BCUT2D eigenvalue weighted by atomic mass is 19.4. The summed E-state index contributed by atoms with van der Waals surface area (Å²) in [7, 11) is 0. The summed E-state index contributed by atoms with van der Waals surface area (Å²) in [4.78, 5) is 0. The van der Waals surface area contributed by atoms with Gasteiger partial charge in [-0.2, -0.15) is 26.3 Å². The zero-order valence-corrected chi connectivity index (χ0v) is 5.63. The molecule has 0 heterocycles. The maximum atomic E-state index is 11.8. The van der Waals surface area contributed by atoms with Crippen molar-refractivity contribution >= 4 is 0 Å². The molecule has 0 aromatic rings. The van der Waals surface area contributed by atoms with Gasteiger partial charge in [-0.25, -0.2) is 0 Å². The first kappa shape index (κ1) is 9.63. The lowest BCUT2D eigenvalue weighted by atomic mass is 10.1. The predicted octanol–water partition coefficient (Wildman–Crippen LogP) is 1.83. The lowest BCUT2D eigenvalue weighted by Crippen LogP contribution is -2.43. The van der Waals surface area contributed by atoms with Crippen LogP contribution in [0.5, 0.6) is 0 Å². The second kappa shape index (κ2) is 2.07. The largest absolute Gasteiger partial charge is 0.404 e. The molecule has 1 nitrogen and oxygen atoms in total. The zero-order valence-electron chi connectivity index (χ0n) is 5.63. The minimum Gasteiger partial charge on any atom is -0.327 e. The molecule has 1 aliphatic rings. The van der Waals surface area contributed by atoms with Crippen LogP contribution in [-0.4, -0.2) is 18.4 Å². The third-order valence-electron chi connectivity index (χ3n) is 2.03. The van der Waals surface area contributed by atoms with E-state index < -0.39 is 30.2 Å². The molecule has 0 aliphatic heterocycles. The van der Waals surface area contributed by atoms with E-state index >= 15 is 0 Å². The van der Waals surface area contributed by atoms with Crippen LogP contribution in [0.25, 0.3) is 0 Å². The van der Waals surface area contributed by atoms with Crippen molar-refractivity contribution in [1.82, 2.24) is 0 Å². The number of rotatable bonds is 0. The SMILES string of the molecule is NC1CC1(C(F)(F)F)C(F)(F)F. The Morgan fingerprint density at radius 3 is 1.25 bits per heavy atom. The molecule has 1 atom stereocenters. The summed E-state index contributed by atoms with van der Waals surface area (Å²) in [5.74, 6) is 0. The highest BCUT2D eigenvalue weighted by molar-refractivity contribution is 5.15. The van der Waals surface area contributed by atoms with Gasteiger partial charge >= 0.3 is 12.4 Å². The molecule has 0 aromatic heterocycles. The fraction of sp³-hybridized carbons (Fsp3) is 1.00. The van der Waals surface area contributed by atoms with Gasteiger partial charge in [-0.3, -0.25) is 0 Å². The molecule has 0 bridgehead atoms. The maximum Gasteiger partial charge on any atom is 0.404 e. The Bertz CT molecular complexity index is 177. The summed E-state index contributed by atoms with van der Waals surface area (Å²) in [6, 6.07) is -1.84. The van der Waals surface area contributed by atoms with Crippen molar-refractivity contribution in [3.05, 3.63) is 0 Å². The zero-order chi connectivity index (χ0) is 9.78. The topological polar surface area (TPSA) is 26.0 Å². The summed E-state index contributed by atoms with van der Waals surface area (Å²) in [5.41, 5.74) is 0.995.